The topological polar surface area (TPSA) is 52.3 Å². The minimum absolute atomic E-state index is 0.772. The fraction of sp³-hybridized carbons (Fsp3) is 0.312. The molecule has 0 radical (unpaired) electrons. The summed E-state index contributed by atoms with van der Waals surface area (Å²) in [5, 5.41) is 7.87. The molecule has 5 nitrogen and oxygen atoms in total. The fourth-order valence-electron chi connectivity index (χ4n) is 2.19. The first kappa shape index (κ1) is 14.8. The van der Waals surface area contributed by atoms with Crippen molar-refractivity contribution < 1.29 is 4.74 Å². The second kappa shape index (κ2) is 6.79. The van der Waals surface area contributed by atoms with Gasteiger partial charge in [-0.05, 0) is 30.4 Å². The molecule has 0 N–H and O–H groups in total. The number of rotatable bonds is 6. The van der Waals surface area contributed by atoms with E-state index in [2.05, 4.69) is 40.4 Å². The predicted octanol–water partition coefficient (Wildman–Crippen LogP) is 3.69. The van der Waals surface area contributed by atoms with E-state index in [-0.39, 0.29) is 0 Å². The van der Waals surface area contributed by atoms with E-state index < -0.39 is 0 Å². The lowest BCUT2D eigenvalue weighted by atomic mass is 10.1. The van der Waals surface area contributed by atoms with E-state index in [0.717, 1.165) is 28.4 Å². The maximum absolute atomic E-state index is 5.54. The molecule has 0 unspecified atom stereocenters. The maximum Gasteiger partial charge on any atom is 0.157 e. The van der Waals surface area contributed by atoms with Gasteiger partial charge >= 0.3 is 0 Å². The van der Waals surface area contributed by atoms with Crippen LogP contribution in [0.1, 0.15) is 19.8 Å². The van der Waals surface area contributed by atoms with E-state index in [1.807, 2.05) is 24.0 Å². The summed E-state index contributed by atoms with van der Waals surface area (Å²) in [6.07, 6.45) is 5.94. The van der Waals surface area contributed by atoms with Crippen molar-refractivity contribution in [3.05, 3.63) is 36.7 Å². The normalized spacial score (nSPS) is 11.0. The van der Waals surface area contributed by atoms with Gasteiger partial charge in [0, 0.05) is 16.5 Å². The van der Waals surface area contributed by atoms with Crippen molar-refractivity contribution in [2.24, 2.45) is 0 Å². The Morgan fingerprint density at radius 2 is 2.18 bits per heavy atom. The Morgan fingerprint density at radius 3 is 2.95 bits per heavy atom. The average Bonchev–Trinajstić information content (AvgIpc) is 2.98. The predicted molar refractivity (Wildman–Crippen MR) is 88.4 cm³/mol. The van der Waals surface area contributed by atoms with Gasteiger partial charge in [0.25, 0.3) is 0 Å². The van der Waals surface area contributed by atoms with E-state index in [1.54, 1.807) is 17.8 Å². The third kappa shape index (κ3) is 3.06. The Kier molecular flexibility index (Phi) is 4.58. The lowest BCUT2D eigenvalue weighted by Crippen LogP contribution is -1.90. The summed E-state index contributed by atoms with van der Waals surface area (Å²) in [6, 6.07) is 8.08. The van der Waals surface area contributed by atoms with Crippen LogP contribution in [0, 0.1) is 0 Å². The summed E-state index contributed by atoms with van der Waals surface area (Å²) in [4.78, 5) is 5.79. The molecule has 0 saturated heterocycles. The van der Waals surface area contributed by atoms with Gasteiger partial charge < -0.3 is 4.74 Å². The third-order valence-electron chi connectivity index (χ3n) is 3.37. The third-order valence-corrected chi connectivity index (χ3v) is 4.45. The van der Waals surface area contributed by atoms with Gasteiger partial charge in [0.05, 0.1) is 25.2 Å². The largest absolute Gasteiger partial charge is 0.496 e. The van der Waals surface area contributed by atoms with Gasteiger partial charge in [-0.15, -0.1) is 16.9 Å². The van der Waals surface area contributed by atoms with Crippen molar-refractivity contribution >= 4 is 17.4 Å². The molecule has 0 bridgehead atoms. The summed E-state index contributed by atoms with van der Waals surface area (Å²) in [7, 11) is 1.69. The van der Waals surface area contributed by atoms with E-state index >= 15 is 0 Å². The highest BCUT2D eigenvalue weighted by atomic mass is 32.2. The molecule has 1 aromatic carbocycles. The molecule has 2 heterocycles. The van der Waals surface area contributed by atoms with Crippen molar-refractivity contribution in [1.29, 1.82) is 0 Å². The van der Waals surface area contributed by atoms with Crippen LogP contribution in [0.5, 0.6) is 5.75 Å². The molecule has 22 heavy (non-hydrogen) atoms. The molecule has 0 aliphatic carbocycles. The molecule has 0 amide bonds. The van der Waals surface area contributed by atoms with E-state index in [4.69, 9.17) is 4.74 Å². The van der Waals surface area contributed by atoms with Crippen LogP contribution >= 0.6 is 11.8 Å². The number of ether oxygens (including phenoxy) is 1. The Bertz CT molecular complexity index is 739. The molecule has 0 aliphatic heterocycles. The first-order valence-corrected chi connectivity index (χ1v) is 8.28. The molecule has 0 atom stereocenters. The minimum atomic E-state index is 0.772. The summed E-state index contributed by atoms with van der Waals surface area (Å²) in [5.74, 6) is 1.96. The molecule has 0 aliphatic rings. The first-order chi connectivity index (χ1) is 10.8. The summed E-state index contributed by atoms with van der Waals surface area (Å²) >= 11 is 1.86. The van der Waals surface area contributed by atoms with E-state index in [1.165, 1.54) is 17.7 Å². The minimum Gasteiger partial charge on any atom is -0.496 e. The molecular weight excluding hydrogens is 296 g/mol. The van der Waals surface area contributed by atoms with Crippen LogP contribution in [0.3, 0.4) is 0 Å². The van der Waals surface area contributed by atoms with Crippen LogP contribution in [-0.4, -0.2) is 32.7 Å². The van der Waals surface area contributed by atoms with Gasteiger partial charge in [-0.2, -0.15) is 0 Å². The number of imidazole rings is 1. The monoisotopic (exact) mass is 314 g/mol. The fourth-order valence-corrected chi connectivity index (χ4v) is 3.22. The van der Waals surface area contributed by atoms with Crippen LogP contribution < -0.4 is 4.74 Å². The van der Waals surface area contributed by atoms with Gasteiger partial charge in [-0.1, -0.05) is 18.6 Å². The summed E-state index contributed by atoms with van der Waals surface area (Å²) in [6.45, 7) is 2.20. The Hall–Kier alpha value is -2.08. The average molecular weight is 314 g/mol. The molecule has 114 valence electrons. The summed E-state index contributed by atoms with van der Waals surface area (Å²) < 4.78 is 7.21. The van der Waals surface area contributed by atoms with Gasteiger partial charge in [-0.25, -0.2) is 9.50 Å². The van der Waals surface area contributed by atoms with Crippen molar-refractivity contribution in [2.75, 3.05) is 12.9 Å². The van der Waals surface area contributed by atoms with Crippen molar-refractivity contribution in [2.45, 2.75) is 24.7 Å². The summed E-state index contributed by atoms with van der Waals surface area (Å²) in [5.41, 5.74) is 2.57. The number of nitrogens with zero attached hydrogens (tertiary/aromatic N) is 4. The number of aromatic nitrogens is 4. The highest BCUT2D eigenvalue weighted by molar-refractivity contribution is 7.99. The molecule has 0 spiro atoms. The van der Waals surface area contributed by atoms with Crippen LogP contribution in [0.2, 0.25) is 0 Å². The zero-order valence-electron chi connectivity index (χ0n) is 12.7. The quantitative estimate of drug-likeness (QED) is 0.513. The second-order valence-corrected chi connectivity index (χ2v) is 6.08. The zero-order valence-corrected chi connectivity index (χ0v) is 13.5. The SMILES string of the molecule is CCCCSc1ccc(-c2cn3nnccc3n2)c(OC)c1. The lowest BCUT2D eigenvalue weighted by Gasteiger charge is -2.08. The first-order valence-electron chi connectivity index (χ1n) is 7.30. The van der Waals surface area contributed by atoms with Crippen LogP contribution in [-0.2, 0) is 0 Å². The smallest absolute Gasteiger partial charge is 0.157 e. The van der Waals surface area contributed by atoms with Crippen molar-refractivity contribution in [3.8, 4) is 17.0 Å². The number of thioether (sulfide) groups is 1. The van der Waals surface area contributed by atoms with Gasteiger partial charge in [0.2, 0.25) is 0 Å². The zero-order chi connectivity index (χ0) is 15.4. The van der Waals surface area contributed by atoms with E-state index in [0.29, 0.717) is 0 Å². The molecule has 3 aromatic rings. The molecular formula is C16H18N4OS. The lowest BCUT2D eigenvalue weighted by molar-refractivity contribution is 0.415. The number of benzene rings is 1. The van der Waals surface area contributed by atoms with E-state index in [9.17, 15) is 0 Å². The van der Waals surface area contributed by atoms with Gasteiger partial charge in [-0.3, -0.25) is 0 Å². The number of methoxy groups -OCH3 is 1. The number of fused-ring (bicyclic) bond motifs is 1. The van der Waals surface area contributed by atoms with Crippen LogP contribution in [0.15, 0.2) is 41.6 Å². The molecule has 0 saturated carbocycles. The van der Waals surface area contributed by atoms with Crippen molar-refractivity contribution in [1.82, 2.24) is 19.8 Å². The standard InChI is InChI=1S/C16H18N4OS/c1-3-4-9-22-12-5-6-13(15(10-12)21-2)14-11-20-16(18-14)7-8-17-19-20/h5-8,10-11H,3-4,9H2,1-2H3. The molecule has 3 rings (SSSR count). The van der Waals surface area contributed by atoms with Crippen LogP contribution in [0.4, 0.5) is 0 Å². The van der Waals surface area contributed by atoms with Crippen LogP contribution in [0.25, 0.3) is 16.9 Å². The van der Waals surface area contributed by atoms with Gasteiger partial charge in [0.1, 0.15) is 5.75 Å². The van der Waals surface area contributed by atoms with Gasteiger partial charge in [0.15, 0.2) is 5.65 Å². The number of hydrogen-bond acceptors (Lipinski definition) is 5. The second-order valence-electron chi connectivity index (χ2n) is 4.91. The van der Waals surface area contributed by atoms with Crippen molar-refractivity contribution in [3.63, 3.8) is 0 Å². The Morgan fingerprint density at radius 1 is 1.27 bits per heavy atom. The maximum atomic E-state index is 5.54. The molecule has 6 heteroatoms. The molecule has 0 fully saturated rings. The number of unbranched alkanes of at least 4 members (excludes halogenated alkanes) is 1. The highest BCUT2D eigenvalue weighted by Crippen LogP contribution is 2.33. The Labute approximate surface area is 133 Å². The Balaban J connectivity index is 1.92. The number of hydrogen-bond donors (Lipinski definition) is 0. The molecule has 2 aromatic heterocycles. The highest BCUT2D eigenvalue weighted by Gasteiger charge is 2.11.